The molecule has 1 amide bonds. The van der Waals surface area contributed by atoms with Gasteiger partial charge in [-0.05, 0) is 48.6 Å². The first-order valence-electron chi connectivity index (χ1n) is 9.04. The fraction of sp³-hybridized carbons (Fsp3) is 0.875. The molecule has 1 aromatic rings. The summed E-state index contributed by atoms with van der Waals surface area (Å²) in [6, 6.07) is 0.310. The van der Waals surface area contributed by atoms with Crippen LogP contribution in [0.25, 0.3) is 0 Å². The third-order valence-electron chi connectivity index (χ3n) is 5.77. The Kier molecular flexibility index (Phi) is 4.49. The molecule has 0 bridgehead atoms. The maximum atomic E-state index is 12.3. The molecule has 0 radical (unpaired) electrons. The van der Waals surface area contributed by atoms with Gasteiger partial charge in [-0.25, -0.2) is 4.68 Å². The summed E-state index contributed by atoms with van der Waals surface area (Å²) in [7, 11) is 1.91. The number of rotatable bonds is 4. The average Bonchev–Trinajstić information content (AvgIpc) is 3.15. The van der Waals surface area contributed by atoms with Crippen molar-refractivity contribution in [1.82, 2.24) is 30.0 Å². The van der Waals surface area contributed by atoms with E-state index >= 15 is 0 Å². The lowest BCUT2D eigenvalue weighted by Gasteiger charge is -2.35. The molecule has 1 aromatic heterocycles. The molecule has 0 aliphatic carbocycles. The molecule has 132 valence electrons. The van der Waals surface area contributed by atoms with E-state index in [1.54, 1.807) is 0 Å². The van der Waals surface area contributed by atoms with Crippen molar-refractivity contribution in [2.24, 2.45) is 11.8 Å². The van der Waals surface area contributed by atoms with Crippen LogP contribution in [0.1, 0.15) is 31.5 Å². The Morgan fingerprint density at radius 1 is 1.25 bits per heavy atom. The van der Waals surface area contributed by atoms with Gasteiger partial charge in [0.15, 0.2) is 5.82 Å². The topological polar surface area (TPSA) is 76.4 Å². The summed E-state index contributed by atoms with van der Waals surface area (Å²) in [6.07, 6.45) is 4.24. The second-order valence-corrected chi connectivity index (χ2v) is 7.34. The van der Waals surface area contributed by atoms with E-state index in [1.165, 1.54) is 0 Å². The molecular formula is C16H26N6O2. The summed E-state index contributed by atoms with van der Waals surface area (Å²) in [5.41, 5.74) is 0. The van der Waals surface area contributed by atoms with Gasteiger partial charge >= 0.3 is 0 Å². The van der Waals surface area contributed by atoms with Crippen LogP contribution in [0.4, 0.5) is 0 Å². The van der Waals surface area contributed by atoms with E-state index in [1.807, 2.05) is 16.6 Å². The van der Waals surface area contributed by atoms with Crippen molar-refractivity contribution in [3.63, 3.8) is 0 Å². The van der Waals surface area contributed by atoms with Gasteiger partial charge in [0, 0.05) is 39.4 Å². The predicted molar refractivity (Wildman–Crippen MR) is 85.9 cm³/mol. The number of carbonyl (C=O) groups excluding carboxylic acids is 1. The average molecular weight is 334 g/mol. The van der Waals surface area contributed by atoms with Gasteiger partial charge in [0.2, 0.25) is 5.91 Å². The van der Waals surface area contributed by atoms with Crippen molar-refractivity contribution in [3.8, 4) is 0 Å². The van der Waals surface area contributed by atoms with E-state index in [4.69, 9.17) is 4.74 Å². The smallest absolute Gasteiger partial charge is 0.227 e. The third kappa shape index (κ3) is 3.04. The molecule has 4 heterocycles. The summed E-state index contributed by atoms with van der Waals surface area (Å²) in [4.78, 5) is 16.5. The highest BCUT2D eigenvalue weighted by molar-refractivity contribution is 5.81. The number of tetrazole rings is 1. The van der Waals surface area contributed by atoms with Crippen molar-refractivity contribution >= 4 is 5.91 Å². The van der Waals surface area contributed by atoms with Crippen LogP contribution in [-0.2, 0) is 22.6 Å². The van der Waals surface area contributed by atoms with E-state index in [-0.39, 0.29) is 5.92 Å². The molecule has 2 atom stereocenters. The SMILES string of the molecule is CN1C[C@@H]2[C@@H](CCCN2Cc2nnnn2CC2CCOCC2)C1=O. The standard InChI is InChI=1S/C16H26N6O2/c1-20-10-14-13(16(20)23)3-2-6-21(14)11-15-17-18-19-22(15)9-12-4-7-24-8-5-12/h12-14H,2-11H2,1H3/t13-,14-/m1/s1. The molecule has 8 nitrogen and oxygen atoms in total. The monoisotopic (exact) mass is 334 g/mol. The lowest BCUT2D eigenvalue weighted by atomic mass is 9.91. The third-order valence-corrected chi connectivity index (χ3v) is 5.77. The van der Waals surface area contributed by atoms with Gasteiger partial charge in [-0.15, -0.1) is 5.10 Å². The summed E-state index contributed by atoms with van der Waals surface area (Å²) >= 11 is 0. The zero-order valence-electron chi connectivity index (χ0n) is 14.3. The van der Waals surface area contributed by atoms with Gasteiger partial charge in [-0.3, -0.25) is 9.69 Å². The van der Waals surface area contributed by atoms with Crippen LogP contribution in [-0.4, -0.2) is 75.3 Å². The van der Waals surface area contributed by atoms with Crippen molar-refractivity contribution in [2.75, 3.05) is 33.4 Å². The first-order valence-corrected chi connectivity index (χ1v) is 9.04. The Labute approximate surface area is 142 Å². The van der Waals surface area contributed by atoms with Crippen molar-refractivity contribution in [3.05, 3.63) is 5.82 Å². The molecule has 3 aliphatic heterocycles. The Hall–Kier alpha value is -1.54. The van der Waals surface area contributed by atoms with E-state index in [2.05, 4.69) is 20.4 Å². The van der Waals surface area contributed by atoms with Crippen molar-refractivity contribution in [1.29, 1.82) is 0 Å². The fourth-order valence-corrected chi connectivity index (χ4v) is 4.34. The molecule has 3 saturated heterocycles. The second kappa shape index (κ2) is 6.76. The minimum absolute atomic E-state index is 0.156. The Morgan fingerprint density at radius 3 is 2.92 bits per heavy atom. The number of likely N-dealkylation sites (N-methyl/N-ethyl adjacent to an activating group) is 1. The Bertz CT molecular complexity index is 585. The van der Waals surface area contributed by atoms with Gasteiger partial charge in [0.1, 0.15) is 0 Å². The molecule has 24 heavy (non-hydrogen) atoms. The van der Waals surface area contributed by atoms with Gasteiger partial charge in [-0.2, -0.15) is 0 Å². The number of ether oxygens (including phenoxy) is 1. The van der Waals surface area contributed by atoms with Crippen LogP contribution >= 0.6 is 0 Å². The van der Waals surface area contributed by atoms with Crippen LogP contribution in [0, 0.1) is 11.8 Å². The van der Waals surface area contributed by atoms with E-state index in [9.17, 15) is 4.79 Å². The fourth-order valence-electron chi connectivity index (χ4n) is 4.34. The predicted octanol–water partition coefficient (Wildman–Crippen LogP) is 0.152. The Morgan fingerprint density at radius 2 is 2.08 bits per heavy atom. The number of hydrogen-bond donors (Lipinski definition) is 0. The van der Waals surface area contributed by atoms with Crippen molar-refractivity contribution in [2.45, 2.75) is 44.8 Å². The number of likely N-dealkylation sites (tertiary alicyclic amines) is 2. The number of carbonyl (C=O) groups is 1. The normalized spacial score (nSPS) is 29.2. The number of hydrogen-bond acceptors (Lipinski definition) is 6. The van der Waals surface area contributed by atoms with Gasteiger partial charge < -0.3 is 9.64 Å². The van der Waals surface area contributed by atoms with Crippen LogP contribution in [0.5, 0.6) is 0 Å². The highest BCUT2D eigenvalue weighted by atomic mass is 16.5. The molecule has 3 fully saturated rings. The van der Waals surface area contributed by atoms with E-state index < -0.39 is 0 Å². The van der Waals surface area contributed by atoms with Gasteiger partial charge in [0.25, 0.3) is 0 Å². The maximum absolute atomic E-state index is 12.3. The number of amides is 1. The molecular weight excluding hydrogens is 308 g/mol. The van der Waals surface area contributed by atoms with Gasteiger partial charge in [0.05, 0.1) is 12.5 Å². The largest absolute Gasteiger partial charge is 0.381 e. The lowest BCUT2D eigenvalue weighted by Crippen LogP contribution is -2.45. The minimum Gasteiger partial charge on any atom is -0.381 e. The quantitative estimate of drug-likeness (QED) is 0.780. The zero-order valence-corrected chi connectivity index (χ0v) is 14.3. The number of aromatic nitrogens is 4. The molecule has 0 N–H and O–H groups in total. The van der Waals surface area contributed by atoms with Crippen LogP contribution in [0.15, 0.2) is 0 Å². The highest BCUT2D eigenvalue weighted by Gasteiger charge is 2.43. The van der Waals surface area contributed by atoms with Crippen molar-refractivity contribution < 1.29 is 9.53 Å². The molecule has 3 aliphatic rings. The molecule has 0 saturated carbocycles. The van der Waals surface area contributed by atoms with E-state index in [0.717, 1.165) is 70.9 Å². The lowest BCUT2D eigenvalue weighted by molar-refractivity contribution is -0.130. The zero-order chi connectivity index (χ0) is 16.5. The summed E-state index contributed by atoms with van der Waals surface area (Å²) < 4.78 is 7.39. The second-order valence-electron chi connectivity index (χ2n) is 7.34. The first kappa shape index (κ1) is 16.0. The maximum Gasteiger partial charge on any atom is 0.227 e. The molecule has 8 heteroatoms. The highest BCUT2D eigenvalue weighted by Crippen LogP contribution is 2.31. The number of fused-ring (bicyclic) bond motifs is 1. The first-order chi connectivity index (χ1) is 11.7. The van der Waals surface area contributed by atoms with E-state index in [0.29, 0.717) is 17.9 Å². The Balaban J connectivity index is 1.43. The van der Waals surface area contributed by atoms with Crippen LogP contribution in [0.3, 0.4) is 0 Å². The molecule has 0 spiro atoms. The molecule has 0 aromatic carbocycles. The number of piperidine rings is 1. The molecule has 0 unspecified atom stereocenters. The summed E-state index contributed by atoms with van der Waals surface area (Å²) in [5.74, 6) is 1.97. The number of nitrogens with zero attached hydrogens (tertiary/aromatic N) is 6. The summed E-state index contributed by atoms with van der Waals surface area (Å²) in [6.45, 7) is 5.13. The molecule has 4 rings (SSSR count). The summed E-state index contributed by atoms with van der Waals surface area (Å²) in [5, 5.41) is 12.4. The minimum atomic E-state index is 0.156. The van der Waals surface area contributed by atoms with Crippen LogP contribution in [0.2, 0.25) is 0 Å². The van der Waals surface area contributed by atoms with Gasteiger partial charge in [-0.1, -0.05) is 0 Å². The van der Waals surface area contributed by atoms with Crippen LogP contribution < -0.4 is 0 Å².